The zero-order valence-electron chi connectivity index (χ0n) is 12.4. The minimum absolute atomic E-state index is 0.119. The molecule has 7 heteroatoms. The molecule has 1 heterocycles. The maximum absolute atomic E-state index is 12.3. The normalized spacial score (nSPS) is 10.6. The fourth-order valence-electron chi connectivity index (χ4n) is 2.16. The number of amides is 1. The molecule has 0 saturated carbocycles. The van der Waals surface area contributed by atoms with E-state index in [2.05, 4.69) is 5.32 Å². The summed E-state index contributed by atoms with van der Waals surface area (Å²) in [7, 11) is 1.55. The van der Waals surface area contributed by atoms with Gasteiger partial charge in [-0.05, 0) is 36.4 Å². The van der Waals surface area contributed by atoms with Gasteiger partial charge in [-0.15, -0.1) is 0 Å². The molecule has 0 atom stereocenters. The van der Waals surface area contributed by atoms with Gasteiger partial charge in [0, 0.05) is 16.8 Å². The van der Waals surface area contributed by atoms with Crippen LogP contribution in [0.5, 0.6) is 5.75 Å². The number of carbonyl (C=O) groups excluding carboxylic acids is 1. The van der Waals surface area contributed by atoms with Crippen molar-refractivity contribution in [2.75, 3.05) is 12.4 Å². The van der Waals surface area contributed by atoms with Gasteiger partial charge in [0.1, 0.15) is 5.75 Å². The Morgan fingerprint density at radius 1 is 1.12 bits per heavy atom. The molecule has 0 saturated heterocycles. The van der Waals surface area contributed by atoms with Crippen molar-refractivity contribution in [1.82, 2.24) is 0 Å². The van der Waals surface area contributed by atoms with Crippen LogP contribution >= 0.6 is 23.2 Å². The van der Waals surface area contributed by atoms with Crippen LogP contribution in [-0.2, 0) is 0 Å². The average Bonchev–Trinajstić information content (AvgIpc) is 2.56. The van der Waals surface area contributed by atoms with Gasteiger partial charge in [0.25, 0.3) is 5.91 Å². The van der Waals surface area contributed by atoms with E-state index in [1.807, 2.05) is 0 Å². The molecule has 0 bridgehead atoms. The molecule has 0 spiro atoms. The van der Waals surface area contributed by atoms with E-state index in [-0.39, 0.29) is 21.8 Å². The largest absolute Gasteiger partial charge is 0.497 e. The Hall–Kier alpha value is -2.50. The first-order valence-corrected chi connectivity index (χ1v) is 7.62. The van der Waals surface area contributed by atoms with Crippen molar-refractivity contribution >= 4 is 45.8 Å². The van der Waals surface area contributed by atoms with Crippen molar-refractivity contribution in [3.8, 4) is 5.75 Å². The summed E-state index contributed by atoms with van der Waals surface area (Å²) >= 11 is 11.9. The van der Waals surface area contributed by atoms with Gasteiger partial charge in [0.15, 0.2) is 16.8 Å². The van der Waals surface area contributed by atoms with Crippen molar-refractivity contribution in [2.45, 2.75) is 0 Å². The molecule has 0 aliphatic carbocycles. The van der Waals surface area contributed by atoms with Gasteiger partial charge in [0.05, 0.1) is 17.5 Å². The standard InChI is InChI=1S/C17H11Cl2NO4/c1-23-11-4-2-10(3-5-11)20-17(22)15-8-14(21)12-6-9(18)7-13(19)16(12)24-15/h2-8H,1H3,(H,20,22). The molecule has 0 fully saturated rings. The van der Waals surface area contributed by atoms with Crippen LogP contribution in [0.4, 0.5) is 5.69 Å². The van der Waals surface area contributed by atoms with E-state index in [0.29, 0.717) is 16.5 Å². The molecular weight excluding hydrogens is 353 g/mol. The first-order chi connectivity index (χ1) is 11.5. The van der Waals surface area contributed by atoms with Crippen LogP contribution in [0.1, 0.15) is 10.6 Å². The Balaban J connectivity index is 1.96. The molecule has 0 aliphatic heterocycles. The summed E-state index contributed by atoms with van der Waals surface area (Å²) in [6, 6.07) is 10.7. The summed E-state index contributed by atoms with van der Waals surface area (Å²) in [5.74, 6) is -0.0494. The van der Waals surface area contributed by atoms with E-state index in [1.165, 1.54) is 12.1 Å². The first-order valence-electron chi connectivity index (χ1n) is 6.86. The second-order valence-electron chi connectivity index (χ2n) is 4.92. The van der Waals surface area contributed by atoms with Crippen LogP contribution in [0, 0.1) is 0 Å². The SMILES string of the molecule is COc1ccc(NC(=O)c2cc(=O)c3cc(Cl)cc(Cl)c3o2)cc1. The lowest BCUT2D eigenvalue weighted by Crippen LogP contribution is -2.15. The fourth-order valence-corrected chi connectivity index (χ4v) is 2.69. The summed E-state index contributed by atoms with van der Waals surface area (Å²) in [6.07, 6.45) is 0. The van der Waals surface area contributed by atoms with Gasteiger partial charge in [-0.1, -0.05) is 23.2 Å². The van der Waals surface area contributed by atoms with E-state index in [0.717, 1.165) is 6.07 Å². The molecule has 1 N–H and O–H groups in total. The number of hydrogen-bond donors (Lipinski definition) is 1. The number of hydrogen-bond acceptors (Lipinski definition) is 4. The molecule has 5 nitrogen and oxygen atoms in total. The number of methoxy groups -OCH3 is 1. The van der Waals surface area contributed by atoms with E-state index >= 15 is 0 Å². The molecule has 24 heavy (non-hydrogen) atoms. The molecule has 0 radical (unpaired) electrons. The van der Waals surface area contributed by atoms with E-state index < -0.39 is 11.3 Å². The highest BCUT2D eigenvalue weighted by Crippen LogP contribution is 2.27. The second-order valence-corrected chi connectivity index (χ2v) is 5.77. The fraction of sp³-hybridized carbons (Fsp3) is 0.0588. The lowest BCUT2D eigenvalue weighted by atomic mass is 10.2. The molecule has 0 unspecified atom stereocenters. The Kier molecular flexibility index (Phi) is 4.46. The number of carbonyl (C=O) groups is 1. The number of ether oxygens (including phenoxy) is 1. The summed E-state index contributed by atoms with van der Waals surface area (Å²) in [4.78, 5) is 24.5. The minimum Gasteiger partial charge on any atom is -0.497 e. The van der Waals surface area contributed by atoms with Crippen LogP contribution in [-0.4, -0.2) is 13.0 Å². The highest BCUT2D eigenvalue weighted by molar-refractivity contribution is 6.38. The van der Waals surface area contributed by atoms with E-state index in [4.69, 9.17) is 32.4 Å². The number of halogens is 2. The Morgan fingerprint density at radius 2 is 1.83 bits per heavy atom. The van der Waals surface area contributed by atoms with Gasteiger partial charge in [-0.25, -0.2) is 0 Å². The third kappa shape index (κ3) is 3.22. The van der Waals surface area contributed by atoms with Gasteiger partial charge in [-0.3, -0.25) is 9.59 Å². The van der Waals surface area contributed by atoms with Crippen LogP contribution in [0.15, 0.2) is 51.7 Å². The Labute approximate surface area is 146 Å². The molecule has 1 aromatic heterocycles. The predicted molar refractivity (Wildman–Crippen MR) is 93.5 cm³/mol. The molecule has 0 aliphatic rings. The number of anilines is 1. The van der Waals surface area contributed by atoms with Crippen molar-refractivity contribution in [3.63, 3.8) is 0 Å². The average molecular weight is 364 g/mol. The van der Waals surface area contributed by atoms with Crippen molar-refractivity contribution < 1.29 is 13.9 Å². The van der Waals surface area contributed by atoms with Crippen LogP contribution in [0.2, 0.25) is 10.0 Å². The summed E-state index contributed by atoms with van der Waals surface area (Å²) in [5.41, 5.74) is 0.250. The van der Waals surface area contributed by atoms with Crippen molar-refractivity contribution in [3.05, 3.63) is 68.5 Å². The lowest BCUT2D eigenvalue weighted by Gasteiger charge is -2.07. The van der Waals surface area contributed by atoms with E-state index in [9.17, 15) is 9.59 Å². The van der Waals surface area contributed by atoms with E-state index in [1.54, 1.807) is 31.4 Å². The monoisotopic (exact) mass is 363 g/mol. The zero-order valence-corrected chi connectivity index (χ0v) is 13.9. The van der Waals surface area contributed by atoms with Crippen LogP contribution < -0.4 is 15.5 Å². The van der Waals surface area contributed by atoms with Crippen LogP contribution in [0.25, 0.3) is 11.0 Å². The highest BCUT2D eigenvalue weighted by atomic mass is 35.5. The molecule has 122 valence electrons. The Bertz CT molecular complexity index is 980. The van der Waals surface area contributed by atoms with Gasteiger partial charge in [-0.2, -0.15) is 0 Å². The number of nitrogens with one attached hydrogen (secondary N) is 1. The molecule has 1 amide bonds. The summed E-state index contributed by atoms with van der Waals surface area (Å²) < 4.78 is 10.5. The molecule has 3 rings (SSSR count). The topological polar surface area (TPSA) is 68.5 Å². The third-order valence-electron chi connectivity index (χ3n) is 3.32. The van der Waals surface area contributed by atoms with Gasteiger partial charge in [0.2, 0.25) is 0 Å². The number of fused-ring (bicyclic) bond motifs is 1. The summed E-state index contributed by atoms with van der Waals surface area (Å²) in [5, 5.41) is 3.33. The predicted octanol–water partition coefficient (Wildman–Crippen LogP) is 4.36. The molecule has 2 aromatic carbocycles. The maximum atomic E-state index is 12.3. The molecular formula is C17H11Cl2NO4. The Morgan fingerprint density at radius 3 is 2.50 bits per heavy atom. The highest BCUT2D eigenvalue weighted by Gasteiger charge is 2.15. The number of benzene rings is 2. The van der Waals surface area contributed by atoms with Crippen LogP contribution in [0.3, 0.4) is 0 Å². The molecule has 3 aromatic rings. The lowest BCUT2D eigenvalue weighted by molar-refractivity contribution is 0.0997. The smallest absolute Gasteiger partial charge is 0.291 e. The number of rotatable bonds is 3. The first kappa shape index (κ1) is 16.4. The second kappa shape index (κ2) is 6.55. The van der Waals surface area contributed by atoms with Gasteiger partial charge < -0.3 is 14.5 Å². The maximum Gasteiger partial charge on any atom is 0.291 e. The van der Waals surface area contributed by atoms with Crippen molar-refractivity contribution in [2.24, 2.45) is 0 Å². The van der Waals surface area contributed by atoms with Gasteiger partial charge >= 0.3 is 0 Å². The summed E-state index contributed by atoms with van der Waals surface area (Å²) in [6.45, 7) is 0. The third-order valence-corrected chi connectivity index (χ3v) is 3.82. The minimum atomic E-state index is -0.565. The quantitative estimate of drug-likeness (QED) is 0.750. The van der Waals surface area contributed by atoms with Crippen molar-refractivity contribution in [1.29, 1.82) is 0 Å². The zero-order chi connectivity index (χ0) is 17.3.